The van der Waals surface area contributed by atoms with Crippen LogP contribution in [0.5, 0.6) is 5.75 Å². The van der Waals surface area contributed by atoms with Gasteiger partial charge in [0.05, 0.1) is 5.56 Å². The van der Waals surface area contributed by atoms with Gasteiger partial charge in [0.2, 0.25) is 0 Å². The van der Waals surface area contributed by atoms with Crippen LogP contribution < -0.4 is 15.6 Å². The van der Waals surface area contributed by atoms with E-state index in [9.17, 15) is 14.4 Å². The zero-order valence-electron chi connectivity index (χ0n) is 16.9. The first kappa shape index (κ1) is 22.5. The maximum atomic E-state index is 12.8. The minimum Gasteiger partial charge on any atom is -0.484 e. The van der Waals surface area contributed by atoms with Crippen LogP contribution in [0.15, 0.2) is 41.3 Å². The molecule has 1 aromatic heterocycles. The number of halogens is 1. The second-order valence-corrected chi connectivity index (χ2v) is 7.08. The molecule has 0 saturated heterocycles. The average Bonchev–Trinajstić information content (AvgIpc) is 2.70. The third-order valence-electron chi connectivity index (χ3n) is 4.16. The van der Waals surface area contributed by atoms with Crippen LogP contribution in [0.4, 0.5) is 5.69 Å². The van der Waals surface area contributed by atoms with Gasteiger partial charge < -0.3 is 19.5 Å². The highest BCUT2D eigenvalue weighted by atomic mass is 35.5. The number of rotatable bonds is 9. The van der Waals surface area contributed by atoms with E-state index in [1.54, 1.807) is 36.2 Å². The molecule has 2 aromatic rings. The Hall–Kier alpha value is -2.80. The van der Waals surface area contributed by atoms with E-state index in [1.807, 2.05) is 13.8 Å². The monoisotopic (exact) mass is 419 g/mol. The van der Waals surface area contributed by atoms with Crippen molar-refractivity contribution < 1.29 is 14.3 Å². The summed E-state index contributed by atoms with van der Waals surface area (Å²) in [5.74, 6) is -0.186. The molecule has 0 spiro atoms. The molecule has 0 atom stereocenters. The van der Waals surface area contributed by atoms with Gasteiger partial charge in [-0.1, -0.05) is 25.4 Å². The third kappa shape index (κ3) is 6.35. The zero-order chi connectivity index (χ0) is 21.4. The Morgan fingerprint density at radius 1 is 1.14 bits per heavy atom. The molecule has 8 heteroatoms. The number of pyridine rings is 1. The summed E-state index contributed by atoms with van der Waals surface area (Å²) >= 11 is 5.81. The summed E-state index contributed by atoms with van der Waals surface area (Å²) in [7, 11) is 1.54. The first-order valence-electron chi connectivity index (χ1n) is 9.53. The lowest BCUT2D eigenvalue weighted by Gasteiger charge is -2.22. The number of nitrogens with one attached hydrogen (secondary N) is 1. The van der Waals surface area contributed by atoms with E-state index in [0.717, 1.165) is 12.8 Å². The Morgan fingerprint density at radius 3 is 2.34 bits per heavy atom. The maximum absolute atomic E-state index is 12.8. The highest BCUT2D eigenvalue weighted by Crippen LogP contribution is 2.15. The number of hydrogen-bond acceptors (Lipinski definition) is 4. The largest absolute Gasteiger partial charge is 0.484 e. The van der Waals surface area contributed by atoms with Crippen molar-refractivity contribution >= 4 is 29.1 Å². The topological polar surface area (TPSA) is 80.6 Å². The van der Waals surface area contributed by atoms with Gasteiger partial charge in [0.25, 0.3) is 17.4 Å². The normalized spacial score (nSPS) is 10.5. The Balaban J connectivity index is 2.13. The van der Waals surface area contributed by atoms with E-state index in [0.29, 0.717) is 29.4 Å². The number of carbonyl (C=O) groups is 2. The van der Waals surface area contributed by atoms with Gasteiger partial charge in [0.1, 0.15) is 11.4 Å². The van der Waals surface area contributed by atoms with Crippen LogP contribution in [0.25, 0.3) is 0 Å². The molecule has 1 N–H and O–H groups in total. The van der Waals surface area contributed by atoms with Gasteiger partial charge in [-0.25, -0.2) is 0 Å². The van der Waals surface area contributed by atoms with E-state index in [-0.39, 0.29) is 18.2 Å². The molecular weight excluding hydrogens is 394 g/mol. The fourth-order valence-electron chi connectivity index (χ4n) is 2.82. The van der Waals surface area contributed by atoms with Crippen molar-refractivity contribution in [3.63, 3.8) is 0 Å². The van der Waals surface area contributed by atoms with Crippen LogP contribution in [0, 0.1) is 0 Å². The molecule has 0 radical (unpaired) electrons. The number of amides is 2. The van der Waals surface area contributed by atoms with Crippen LogP contribution in [0.1, 0.15) is 37.0 Å². The van der Waals surface area contributed by atoms with Gasteiger partial charge in [-0.15, -0.1) is 0 Å². The highest BCUT2D eigenvalue weighted by molar-refractivity contribution is 6.30. The Morgan fingerprint density at radius 2 is 1.76 bits per heavy atom. The van der Waals surface area contributed by atoms with Gasteiger partial charge >= 0.3 is 0 Å². The molecule has 1 aromatic carbocycles. The summed E-state index contributed by atoms with van der Waals surface area (Å²) in [6.07, 6.45) is 3.16. The molecule has 7 nitrogen and oxygen atoms in total. The molecule has 0 fully saturated rings. The van der Waals surface area contributed by atoms with Crippen LogP contribution >= 0.6 is 11.6 Å². The van der Waals surface area contributed by atoms with Crippen LogP contribution in [-0.2, 0) is 11.8 Å². The van der Waals surface area contributed by atoms with Crippen molar-refractivity contribution in [2.24, 2.45) is 7.05 Å². The summed E-state index contributed by atoms with van der Waals surface area (Å²) in [5, 5.41) is 3.10. The summed E-state index contributed by atoms with van der Waals surface area (Å²) in [6.45, 7) is 4.99. The lowest BCUT2D eigenvalue weighted by atomic mass is 10.2. The molecule has 0 unspecified atom stereocenters. The quantitative estimate of drug-likeness (QED) is 0.676. The fraction of sp³-hybridized carbons (Fsp3) is 0.381. The van der Waals surface area contributed by atoms with Crippen molar-refractivity contribution in [1.29, 1.82) is 0 Å². The van der Waals surface area contributed by atoms with E-state index in [2.05, 4.69) is 5.32 Å². The molecule has 2 rings (SSSR count). The predicted octanol–water partition coefficient (Wildman–Crippen LogP) is 3.32. The Labute approximate surface area is 175 Å². The molecule has 1 heterocycles. The number of carbonyl (C=O) groups excluding carboxylic acids is 2. The van der Waals surface area contributed by atoms with Crippen molar-refractivity contribution in [2.75, 3.05) is 25.0 Å². The fourth-order valence-corrected chi connectivity index (χ4v) is 2.95. The molecule has 156 valence electrons. The molecule has 0 saturated carbocycles. The Bertz CT molecular complexity index is 903. The summed E-state index contributed by atoms with van der Waals surface area (Å²) < 4.78 is 6.68. The average molecular weight is 420 g/mol. The van der Waals surface area contributed by atoms with E-state index < -0.39 is 11.5 Å². The second kappa shape index (κ2) is 10.7. The number of ether oxygens (including phenoxy) is 1. The summed E-state index contributed by atoms with van der Waals surface area (Å²) in [6, 6.07) is 8.01. The van der Waals surface area contributed by atoms with Gasteiger partial charge in [0, 0.05) is 31.4 Å². The smallest absolute Gasteiger partial charge is 0.274 e. The summed E-state index contributed by atoms with van der Waals surface area (Å²) in [4.78, 5) is 39.2. The summed E-state index contributed by atoms with van der Waals surface area (Å²) in [5.41, 5.74) is -0.0159. The number of anilines is 1. The lowest BCUT2D eigenvalue weighted by Crippen LogP contribution is -2.34. The molecule has 0 aliphatic carbocycles. The van der Waals surface area contributed by atoms with Crippen LogP contribution in [-0.4, -0.2) is 41.0 Å². The van der Waals surface area contributed by atoms with Gasteiger partial charge in [-0.3, -0.25) is 14.4 Å². The second-order valence-electron chi connectivity index (χ2n) is 6.64. The Kier molecular flexibility index (Phi) is 8.27. The number of hydrogen-bond donors (Lipinski definition) is 1. The minimum atomic E-state index is -0.499. The third-order valence-corrected chi connectivity index (χ3v) is 4.41. The molecule has 0 bridgehead atoms. The van der Waals surface area contributed by atoms with Crippen molar-refractivity contribution in [2.45, 2.75) is 26.7 Å². The standard InChI is InChI=1S/C21H26ClN3O4/c1-4-10-25(11-5-2)20(27)15-12-18(21(28)24(3)13-15)23-19(26)14-29-17-8-6-16(22)7-9-17/h6-9,12-13H,4-5,10-11,14H2,1-3H3,(H,23,26). The van der Waals surface area contributed by atoms with E-state index in [1.165, 1.54) is 16.8 Å². The molecule has 2 amide bonds. The first-order chi connectivity index (χ1) is 13.8. The van der Waals surface area contributed by atoms with Crippen molar-refractivity contribution in [3.05, 3.63) is 57.5 Å². The van der Waals surface area contributed by atoms with Gasteiger partial charge in [0.15, 0.2) is 6.61 Å². The predicted molar refractivity (Wildman–Crippen MR) is 114 cm³/mol. The lowest BCUT2D eigenvalue weighted by molar-refractivity contribution is -0.118. The first-order valence-corrected chi connectivity index (χ1v) is 9.91. The van der Waals surface area contributed by atoms with Gasteiger partial charge in [-0.05, 0) is 43.2 Å². The van der Waals surface area contributed by atoms with Crippen LogP contribution in [0.2, 0.25) is 5.02 Å². The molecule has 0 aliphatic rings. The molecular formula is C21H26ClN3O4. The molecule has 0 aliphatic heterocycles. The maximum Gasteiger partial charge on any atom is 0.274 e. The zero-order valence-corrected chi connectivity index (χ0v) is 17.7. The van der Waals surface area contributed by atoms with Gasteiger partial charge in [-0.2, -0.15) is 0 Å². The van der Waals surface area contributed by atoms with Crippen LogP contribution in [0.3, 0.4) is 0 Å². The minimum absolute atomic E-state index is 0.0380. The number of aryl methyl sites for hydroxylation is 1. The highest BCUT2D eigenvalue weighted by Gasteiger charge is 2.18. The SMILES string of the molecule is CCCN(CCC)C(=O)c1cc(NC(=O)COc2ccc(Cl)cc2)c(=O)n(C)c1. The number of aromatic nitrogens is 1. The van der Waals surface area contributed by atoms with E-state index in [4.69, 9.17) is 16.3 Å². The van der Waals surface area contributed by atoms with Crippen molar-refractivity contribution in [3.8, 4) is 5.75 Å². The van der Waals surface area contributed by atoms with Crippen molar-refractivity contribution in [1.82, 2.24) is 9.47 Å². The molecule has 29 heavy (non-hydrogen) atoms. The number of nitrogens with zero attached hydrogens (tertiary/aromatic N) is 2. The number of benzene rings is 1. The van der Waals surface area contributed by atoms with E-state index >= 15 is 0 Å².